The first-order valence-electron chi connectivity index (χ1n) is 10.5. The van der Waals surface area contributed by atoms with Crippen LogP contribution < -0.4 is 9.80 Å². The van der Waals surface area contributed by atoms with Crippen molar-refractivity contribution in [3.8, 4) is 0 Å². The van der Waals surface area contributed by atoms with Crippen molar-refractivity contribution in [2.24, 2.45) is 0 Å². The lowest BCUT2D eigenvalue weighted by molar-refractivity contribution is -0.384. The number of nitro benzene ring substituents is 1. The molecule has 2 aliphatic heterocycles. The molecular weight excluding hydrogens is 428 g/mol. The first kappa shape index (κ1) is 20.3. The minimum atomic E-state index is -0.323. The molecule has 8 heteroatoms. The number of fused-ring (bicyclic) bond motifs is 1. The SMILES string of the molecule is O=[N+]([O-])c1ccc2c(c1)CN(c1ncc(Cc3ccc(N4CCSCC4)cc3)s1)CC2. The second kappa shape index (κ2) is 8.88. The van der Waals surface area contributed by atoms with Crippen LogP contribution in [0.25, 0.3) is 0 Å². The van der Waals surface area contributed by atoms with Crippen LogP contribution in [0, 0.1) is 10.1 Å². The van der Waals surface area contributed by atoms with Gasteiger partial charge in [-0.2, -0.15) is 11.8 Å². The number of thiazole rings is 1. The predicted octanol–water partition coefficient (Wildman–Crippen LogP) is 4.76. The number of anilines is 2. The Morgan fingerprint density at radius 1 is 1.00 bits per heavy atom. The standard InChI is InChI=1S/C23H24N4O2S2/c28-27(29)21-6-3-18-7-8-26(16-19(18)14-21)23-24-15-22(31-23)13-17-1-4-20(5-2-17)25-9-11-30-12-10-25/h1-6,14-15H,7-13,16H2. The lowest BCUT2D eigenvalue weighted by atomic mass is 9.99. The molecule has 5 rings (SSSR count). The third-order valence-corrected chi connectivity index (χ3v) is 7.92. The average molecular weight is 453 g/mol. The van der Waals surface area contributed by atoms with Crippen LogP contribution in [0.3, 0.4) is 0 Å². The van der Waals surface area contributed by atoms with E-state index in [1.807, 2.05) is 24.0 Å². The Hall–Kier alpha value is -2.58. The van der Waals surface area contributed by atoms with Crippen LogP contribution in [0.5, 0.6) is 0 Å². The summed E-state index contributed by atoms with van der Waals surface area (Å²) in [5.74, 6) is 2.42. The first-order valence-corrected chi connectivity index (χ1v) is 12.5. The molecule has 0 radical (unpaired) electrons. The molecule has 3 heterocycles. The fraction of sp³-hybridized carbons (Fsp3) is 0.348. The highest BCUT2D eigenvalue weighted by Gasteiger charge is 2.21. The van der Waals surface area contributed by atoms with E-state index in [4.69, 9.17) is 0 Å². The maximum absolute atomic E-state index is 11.1. The number of nitro groups is 1. The van der Waals surface area contributed by atoms with Crippen LogP contribution in [-0.2, 0) is 19.4 Å². The predicted molar refractivity (Wildman–Crippen MR) is 129 cm³/mol. The highest BCUT2D eigenvalue weighted by atomic mass is 32.2. The van der Waals surface area contributed by atoms with Gasteiger partial charge >= 0.3 is 0 Å². The lowest BCUT2D eigenvalue weighted by Gasteiger charge is -2.28. The maximum atomic E-state index is 11.1. The summed E-state index contributed by atoms with van der Waals surface area (Å²) in [5, 5.41) is 12.1. The molecule has 1 fully saturated rings. The smallest absolute Gasteiger partial charge is 0.269 e. The highest BCUT2D eigenvalue weighted by Crippen LogP contribution is 2.31. The Labute approximate surface area is 190 Å². The van der Waals surface area contributed by atoms with Gasteiger partial charge in [-0.25, -0.2) is 4.98 Å². The largest absolute Gasteiger partial charge is 0.370 e. The van der Waals surface area contributed by atoms with Crippen LogP contribution in [0.15, 0.2) is 48.7 Å². The summed E-state index contributed by atoms with van der Waals surface area (Å²) in [5.41, 5.74) is 5.00. The number of non-ortho nitro benzene ring substituents is 1. The zero-order chi connectivity index (χ0) is 21.2. The van der Waals surface area contributed by atoms with Crippen molar-refractivity contribution >= 4 is 39.6 Å². The molecule has 6 nitrogen and oxygen atoms in total. The lowest BCUT2D eigenvalue weighted by Crippen LogP contribution is -2.32. The van der Waals surface area contributed by atoms with Crippen molar-refractivity contribution in [1.82, 2.24) is 4.98 Å². The second-order valence-electron chi connectivity index (χ2n) is 7.93. The molecular formula is C23H24N4O2S2. The van der Waals surface area contributed by atoms with Crippen molar-refractivity contribution in [2.45, 2.75) is 19.4 Å². The molecule has 2 aliphatic rings. The van der Waals surface area contributed by atoms with E-state index in [0.717, 1.165) is 43.2 Å². The topological polar surface area (TPSA) is 62.5 Å². The second-order valence-corrected chi connectivity index (χ2v) is 10.3. The van der Waals surface area contributed by atoms with Crippen LogP contribution in [0.1, 0.15) is 21.6 Å². The van der Waals surface area contributed by atoms with E-state index < -0.39 is 0 Å². The summed E-state index contributed by atoms with van der Waals surface area (Å²) in [7, 11) is 0. The van der Waals surface area contributed by atoms with Gasteiger partial charge < -0.3 is 9.80 Å². The van der Waals surface area contributed by atoms with E-state index in [1.165, 1.54) is 33.2 Å². The van der Waals surface area contributed by atoms with E-state index in [2.05, 4.69) is 39.0 Å². The molecule has 0 bridgehead atoms. The van der Waals surface area contributed by atoms with Gasteiger partial charge in [0.15, 0.2) is 5.13 Å². The van der Waals surface area contributed by atoms with Gasteiger partial charge in [0.2, 0.25) is 0 Å². The minimum absolute atomic E-state index is 0.159. The number of nitrogens with zero attached hydrogens (tertiary/aromatic N) is 4. The Bertz CT molecular complexity index is 1080. The normalized spacial score (nSPS) is 16.3. The molecule has 0 spiro atoms. The van der Waals surface area contributed by atoms with Gasteiger partial charge in [-0.15, -0.1) is 11.3 Å². The molecule has 0 saturated carbocycles. The number of aromatic nitrogens is 1. The molecule has 3 aromatic rings. The van der Waals surface area contributed by atoms with Crippen LogP contribution in [-0.4, -0.2) is 41.0 Å². The Kier molecular flexibility index (Phi) is 5.82. The average Bonchev–Trinajstić information content (AvgIpc) is 3.28. The van der Waals surface area contributed by atoms with Crippen molar-refractivity contribution < 1.29 is 4.92 Å². The fourth-order valence-corrected chi connectivity index (χ4v) is 6.06. The molecule has 1 saturated heterocycles. The van der Waals surface area contributed by atoms with Gasteiger partial charge in [-0.3, -0.25) is 10.1 Å². The van der Waals surface area contributed by atoms with Gasteiger partial charge in [0.25, 0.3) is 5.69 Å². The summed E-state index contributed by atoms with van der Waals surface area (Å²) in [6.45, 7) is 3.82. The van der Waals surface area contributed by atoms with Gasteiger partial charge in [0.1, 0.15) is 0 Å². The highest BCUT2D eigenvalue weighted by molar-refractivity contribution is 7.99. The molecule has 0 aliphatic carbocycles. The van der Waals surface area contributed by atoms with Gasteiger partial charge in [0, 0.05) is 73.0 Å². The van der Waals surface area contributed by atoms with Gasteiger partial charge in [0.05, 0.1) is 4.92 Å². The minimum Gasteiger partial charge on any atom is -0.370 e. The van der Waals surface area contributed by atoms with Crippen LogP contribution in [0.2, 0.25) is 0 Å². The van der Waals surface area contributed by atoms with Crippen LogP contribution in [0.4, 0.5) is 16.5 Å². The number of rotatable bonds is 5. The monoisotopic (exact) mass is 452 g/mol. The van der Waals surface area contributed by atoms with Gasteiger partial charge in [-0.05, 0) is 35.2 Å². The van der Waals surface area contributed by atoms with E-state index in [1.54, 1.807) is 23.5 Å². The van der Waals surface area contributed by atoms with Crippen LogP contribution >= 0.6 is 23.1 Å². The summed E-state index contributed by atoms with van der Waals surface area (Å²) in [6.07, 6.45) is 3.74. The summed E-state index contributed by atoms with van der Waals surface area (Å²) in [4.78, 5) is 21.4. The van der Waals surface area contributed by atoms with E-state index in [-0.39, 0.29) is 10.6 Å². The molecule has 0 N–H and O–H groups in total. The molecule has 160 valence electrons. The molecule has 0 atom stereocenters. The molecule has 1 aromatic heterocycles. The molecule has 0 unspecified atom stereocenters. The zero-order valence-corrected chi connectivity index (χ0v) is 18.8. The number of hydrogen-bond donors (Lipinski definition) is 0. The van der Waals surface area contributed by atoms with Crippen molar-refractivity contribution in [3.63, 3.8) is 0 Å². The van der Waals surface area contributed by atoms with Crippen molar-refractivity contribution in [1.29, 1.82) is 0 Å². The summed E-state index contributed by atoms with van der Waals surface area (Å²) >= 11 is 3.75. The maximum Gasteiger partial charge on any atom is 0.269 e. The number of hydrogen-bond acceptors (Lipinski definition) is 7. The van der Waals surface area contributed by atoms with Gasteiger partial charge in [-0.1, -0.05) is 18.2 Å². The molecule has 0 amide bonds. The Morgan fingerprint density at radius 3 is 2.58 bits per heavy atom. The Morgan fingerprint density at radius 2 is 1.81 bits per heavy atom. The Balaban J connectivity index is 1.25. The third kappa shape index (κ3) is 4.55. The molecule has 2 aromatic carbocycles. The van der Waals surface area contributed by atoms with Crippen molar-refractivity contribution in [3.05, 3.63) is 80.3 Å². The first-order chi connectivity index (χ1) is 15.2. The number of thioether (sulfide) groups is 1. The quantitative estimate of drug-likeness (QED) is 0.411. The van der Waals surface area contributed by atoms with E-state index >= 15 is 0 Å². The van der Waals surface area contributed by atoms with Crippen molar-refractivity contribution in [2.75, 3.05) is 40.9 Å². The van der Waals surface area contributed by atoms with E-state index in [9.17, 15) is 10.1 Å². The summed E-state index contributed by atoms with van der Waals surface area (Å²) < 4.78 is 0. The number of benzene rings is 2. The molecule has 31 heavy (non-hydrogen) atoms. The fourth-order valence-electron chi connectivity index (χ4n) is 4.19. The zero-order valence-electron chi connectivity index (χ0n) is 17.2. The summed E-state index contributed by atoms with van der Waals surface area (Å²) in [6, 6.07) is 14.1. The third-order valence-electron chi connectivity index (χ3n) is 5.92. The van der Waals surface area contributed by atoms with E-state index in [0.29, 0.717) is 6.54 Å².